The van der Waals surface area contributed by atoms with Crippen molar-refractivity contribution in [3.8, 4) is 34.7 Å². The van der Waals surface area contributed by atoms with Gasteiger partial charge in [-0.25, -0.2) is 0 Å². The number of H-pyrrole nitrogens is 1. The first-order valence-electron chi connectivity index (χ1n) is 9.62. The second-order valence-corrected chi connectivity index (χ2v) is 7.24. The third-order valence-corrected chi connectivity index (χ3v) is 5.51. The van der Waals surface area contributed by atoms with Gasteiger partial charge in [-0.3, -0.25) is 5.10 Å². The largest absolute Gasteiger partial charge is 0.504 e. The highest BCUT2D eigenvalue weighted by Crippen LogP contribution is 2.47. The number of hydrogen-bond acceptors (Lipinski definition) is 6. The number of methoxy groups -OCH3 is 1. The smallest absolute Gasteiger partial charge is 0.244 e. The first kappa shape index (κ1) is 18.6. The van der Waals surface area contributed by atoms with Crippen LogP contribution < -0.4 is 15.2 Å². The molecule has 2 heterocycles. The van der Waals surface area contributed by atoms with Gasteiger partial charge in [-0.15, -0.1) is 5.10 Å². The lowest BCUT2D eigenvalue weighted by Gasteiger charge is -2.24. The summed E-state index contributed by atoms with van der Waals surface area (Å²) in [6, 6.07) is 21.3. The van der Waals surface area contributed by atoms with Gasteiger partial charge in [0.05, 0.1) is 24.3 Å². The Labute approximate surface area is 178 Å². The molecule has 1 aliphatic heterocycles. The van der Waals surface area contributed by atoms with Crippen LogP contribution in [0.3, 0.4) is 0 Å². The van der Waals surface area contributed by atoms with E-state index >= 15 is 0 Å². The van der Waals surface area contributed by atoms with E-state index in [2.05, 4.69) is 22.3 Å². The van der Waals surface area contributed by atoms with Crippen molar-refractivity contribution in [3.05, 3.63) is 83.2 Å². The molecular weight excluding hydrogens is 392 g/mol. The molecule has 0 saturated heterocycles. The van der Waals surface area contributed by atoms with E-state index in [1.54, 1.807) is 12.1 Å². The summed E-state index contributed by atoms with van der Waals surface area (Å²) in [5.41, 5.74) is 9.39. The quantitative estimate of drug-likeness (QED) is 0.467. The number of fused-ring (bicyclic) bond motifs is 2. The first-order valence-corrected chi connectivity index (χ1v) is 9.62. The van der Waals surface area contributed by atoms with Crippen molar-refractivity contribution in [2.45, 2.75) is 5.92 Å². The van der Waals surface area contributed by atoms with Crippen molar-refractivity contribution in [2.24, 2.45) is 5.73 Å². The molecule has 7 nitrogen and oxygen atoms in total. The van der Waals surface area contributed by atoms with Gasteiger partial charge < -0.3 is 20.3 Å². The molecule has 0 saturated carbocycles. The van der Waals surface area contributed by atoms with Crippen molar-refractivity contribution in [2.75, 3.05) is 7.11 Å². The second kappa shape index (κ2) is 7.11. The molecule has 1 aromatic heterocycles. The number of nitrogens with two attached hydrogens (primary N) is 1. The lowest BCUT2D eigenvalue weighted by Crippen LogP contribution is -2.21. The third kappa shape index (κ3) is 2.93. The number of nitrogens with zero attached hydrogens (tertiary/aromatic N) is 2. The molecule has 0 fully saturated rings. The number of nitriles is 1. The molecule has 0 aliphatic carbocycles. The molecule has 4 aromatic rings. The summed E-state index contributed by atoms with van der Waals surface area (Å²) in [4.78, 5) is 0. The van der Waals surface area contributed by atoms with E-state index < -0.39 is 5.92 Å². The van der Waals surface area contributed by atoms with Crippen molar-refractivity contribution in [3.63, 3.8) is 0 Å². The Morgan fingerprint density at radius 1 is 1.13 bits per heavy atom. The topological polar surface area (TPSA) is 117 Å². The van der Waals surface area contributed by atoms with Crippen LogP contribution in [0.4, 0.5) is 0 Å². The van der Waals surface area contributed by atoms with E-state index in [0.717, 1.165) is 27.6 Å². The van der Waals surface area contributed by atoms with Gasteiger partial charge in [-0.2, -0.15) is 5.26 Å². The minimum absolute atomic E-state index is 0.00334. The van der Waals surface area contributed by atoms with E-state index in [4.69, 9.17) is 15.2 Å². The van der Waals surface area contributed by atoms with Crippen LogP contribution in [0, 0.1) is 11.3 Å². The second-order valence-electron chi connectivity index (χ2n) is 7.24. The van der Waals surface area contributed by atoms with Crippen LogP contribution in [0.1, 0.15) is 17.0 Å². The SMILES string of the molecule is COc1cc([C@H]2C(C#N)=C(N)Oc3n[nH]c(-c4ccc5ccccc5c4)c32)ccc1O. The fourth-order valence-electron chi connectivity index (χ4n) is 4.02. The zero-order valence-electron chi connectivity index (χ0n) is 16.6. The summed E-state index contributed by atoms with van der Waals surface area (Å²) in [6.45, 7) is 0. The molecule has 0 unspecified atom stereocenters. The molecule has 3 aromatic carbocycles. The van der Waals surface area contributed by atoms with Crippen LogP contribution in [0.5, 0.6) is 17.4 Å². The number of ether oxygens (including phenoxy) is 2. The number of phenols is 1. The number of nitrogens with one attached hydrogen (secondary N) is 1. The molecule has 152 valence electrons. The average Bonchev–Trinajstić information content (AvgIpc) is 3.21. The van der Waals surface area contributed by atoms with Crippen LogP contribution in [0.25, 0.3) is 22.0 Å². The number of aromatic amines is 1. The number of rotatable bonds is 3. The van der Waals surface area contributed by atoms with Gasteiger partial charge in [-0.05, 0) is 34.5 Å². The van der Waals surface area contributed by atoms with Crippen LogP contribution in [-0.4, -0.2) is 22.4 Å². The Kier molecular flexibility index (Phi) is 4.26. The maximum Gasteiger partial charge on any atom is 0.244 e. The van der Waals surface area contributed by atoms with Crippen molar-refractivity contribution < 1.29 is 14.6 Å². The summed E-state index contributed by atoms with van der Waals surface area (Å²) in [5, 5.41) is 29.5. The fourth-order valence-corrected chi connectivity index (χ4v) is 4.02. The maximum absolute atomic E-state index is 10.0. The average molecular weight is 410 g/mol. The maximum atomic E-state index is 10.0. The van der Waals surface area contributed by atoms with Gasteiger partial charge in [0, 0.05) is 5.56 Å². The van der Waals surface area contributed by atoms with E-state index in [1.807, 2.05) is 36.4 Å². The van der Waals surface area contributed by atoms with Gasteiger partial charge in [0.15, 0.2) is 11.5 Å². The summed E-state index contributed by atoms with van der Waals surface area (Å²) in [5.74, 6) is 0.0943. The van der Waals surface area contributed by atoms with Gasteiger partial charge in [0.25, 0.3) is 0 Å². The Hall–Kier alpha value is -4.44. The van der Waals surface area contributed by atoms with Crippen molar-refractivity contribution in [1.29, 1.82) is 5.26 Å². The lowest BCUT2D eigenvalue weighted by atomic mass is 9.82. The molecule has 0 bridgehead atoms. The molecule has 0 radical (unpaired) electrons. The number of aromatic nitrogens is 2. The van der Waals surface area contributed by atoms with Crippen LogP contribution in [0.15, 0.2) is 72.1 Å². The standard InChI is InChI=1S/C24H18N4O3/c1-30-19-11-15(8-9-18(19)29)20-17(12-25)23(26)31-24-21(20)22(27-28-24)16-7-6-13-4-2-3-5-14(13)10-16/h2-11,20,29H,26H2,1H3,(H,27,28)/t20-/m0/s1. The highest BCUT2D eigenvalue weighted by Gasteiger charge is 2.36. The zero-order valence-corrected chi connectivity index (χ0v) is 16.6. The number of allylic oxidation sites excluding steroid dienone is 1. The number of hydrogen-bond donors (Lipinski definition) is 3. The number of benzene rings is 3. The molecule has 31 heavy (non-hydrogen) atoms. The van der Waals surface area contributed by atoms with Crippen molar-refractivity contribution >= 4 is 10.8 Å². The predicted molar refractivity (Wildman–Crippen MR) is 115 cm³/mol. The fraction of sp³-hybridized carbons (Fsp3) is 0.0833. The number of aromatic hydroxyl groups is 1. The van der Waals surface area contributed by atoms with Gasteiger partial charge in [-0.1, -0.05) is 42.5 Å². The molecular formula is C24H18N4O3. The zero-order chi connectivity index (χ0) is 21.5. The van der Waals surface area contributed by atoms with E-state index in [9.17, 15) is 10.4 Å². The van der Waals surface area contributed by atoms with E-state index in [1.165, 1.54) is 13.2 Å². The lowest BCUT2D eigenvalue weighted by molar-refractivity contribution is 0.371. The molecule has 4 N–H and O–H groups in total. The third-order valence-electron chi connectivity index (χ3n) is 5.51. The Morgan fingerprint density at radius 2 is 1.94 bits per heavy atom. The Morgan fingerprint density at radius 3 is 2.71 bits per heavy atom. The summed E-state index contributed by atoms with van der Waals surface area (Å²) < 4.78 is 10.9. The van der Waals surface area contributed by atoms with Crippen LogP contribution in [0.2, 0.25) is 0 Å². The summed E-state index contributed by atoms with van der Waals surface area (Å²) >= 11 is 0. The minimum Gasteiger partial charge on any atom is -0.504 e. The summed E-state index contributed by atoms with van der Waals surface area (Å²) in [6.07, 6.45) is 0. The van der Waals surface area contributed by atoms with Crippen molar-refractivity contribution in [1.82, 2.24) is 10.2 Å². The van der Waals surface area contributed by atoms with E-state index in [0.29, 0.717) is 17.2 Å². The molecule has 0 amide bonds. The summed E-state index contributed by atoms with van der Waals surface area (Å²) in [7, 11) is 1.47. The van der Waals surface area contributed by atoms with E-state index in [-0.39, 0.29) is 17.2 Å². The Balaban J connectivity index is 1.73. The molecule has 5 rings (SSSR count). The van der Waals surface area contributed by atoms with Gasteiger partial charge >= 0.3 is 0 Å². The van der Waals surface area contributed by atoms with Gasteiger partial charge in [0.1, 0.15) is 11.6 Å². The molecule has 0 spiro atoms. The molecule has 1 aliphatic rings. The van der Waals surface area contributed by atoms with Crippen LogP contribution in [-0.2, 0) is 0 Å². The normalized spacial score (nSPS) is 15.3. The highest BCUT2D eigenvalue weighted by atomic mass is 16.5. The molecule has 7 heteroatoms. The predicted octanol–water partition coefficient (Wildman–Crippen LogP) is 4.16. The molecule has 1 atom stereocenters. The Bertz CT molecular complexity index is 1400. The monoisotopic (exact) mass is 410 g/mol. The van der Waals surface area contributed by atoms with Crippen LogP contribution >= 0.6 is 0 Å². The number of phenolic OH excluding ortho intramolecular Hbond substituents is 1. The minimum atomic E-state index is -0.538. The first-order chi connectivity index (χ1) is 15.1. The van der Waals surface area contributed by atoms with Gasteiger partial charge in [0.2, 0.25) is 11.8 Å². The highest BCUT2D eigenvalue weighted by molar-refractivity contribution is 5.87.